The Bertz CT molecular complexity index is 1190. The number of methoxy groups -OCH3 is 1. The summed E-state index contributed by atoms with van der Waals surface area (Å²) in [6, 6.07) is 15.5. The van der Waals surface area contributed by atoms with E-state index >= 15 is 0 Å². The second kappa shape index (κ2) is 9.47. The third kappa shape index (κ3) is 5.03. The van der Waals surface area contributed by atoms with E-state index in [1.54, 1.807) is 19.5 Å². The number of ether oxygens (including phenoxy) is 1. The highest BCUT2D eigenvalue weighted by atomic mass is 16.5. The molecule has 0 spiro atoms. The van der Waals surface area contributed by atoms with E-state index in [-0.39, 0.29) is 11.9 Å². The smallest absolute Gasteiger partial charge is 0.255 e. The first-order chi connectivity index (χ1) is 15.5. The molecule has 2 atom stereocenters. The van der Waals surface area contributed by atoms with E-state index in [2.05, 4.69) is 22.5 Å². The van der Waals surface area contributed by atoms with Crippen molar-refractivity contribution < 1.29 is 9.53 Å². The molecule has 1 aromatic heterocycles. The molecule has 0 radical (unpaired) electrons. The first-order valence-corrected chi connectivity index (χ1v) is 10.6. The molecule has 2 aromatic carbocycles. The van der Waals surface area contributed by atoms with Crippen molar-refractivity contribution in [2.75, 3.05) is 17.7 Å². The molecule has 0 fully saturated rings. The lowest BCUT2D eigenvalue weighted by Gasteiger charge is -2.16. The lowest BCUT2D eigenvalue weighted by atomic mass is 10.1. The molecule has 162 valence electrons. The Kier molecular flexibility index (Phi) is 6.31. The number of anilines is 2. The van der Waals surface area contributed by atoms with Gasteiger partial charge < -0.3 is 15.4 Å². The number of amides is 1. The van der Waals surface area contributed by atoms with Gasteiger partial charge in [0.1, 0.15) is 11.6 Å². The van der Waals surface area contributed by atoms with Gasteiger partial charge in [-0.3, -0.25) is 9.78 Å². The Labute approximate surface area is 188 Å². The lowest BCUT2D eigenvalue weighted by Crippen LogP contribution is -2.14. The number of carbonyl (C=O) groups is 1. The minimum atomic E-state index is -0.0970. The average molecular weight is 427 g/mol. The third-order valence-electron chi connectivity index (χ3n) is 5.29. The van der Waals surface area contributed by atoms with Gasteiger partial charge in [-0.15, -0.1) is 0 Å². The number of hydrogen-bond acceptors (Lipinski definition) is 5. The van der Waals surface area contributed by atoms with Crippen LogP contribution in [-0.2, 0) is 4.79 Å². The van der Waals surface area contributed by atoms with E-state index in [0.717, 1.165) is 28.3 Å². The van der Waals surface area contributed by atoms with E-state index in [4.69, 9.17) is 9.72 Å². The van der Waals surface area contributed by atoms with Gasteiger partial charge in [0.2, 0.25) is 0 Å². The molecule has 6 heteroatoms. The second-order valence-electron chi connectivity index (χ2n) is 7.81. The van der Waals surface area contributed by atoms with Gasteiger partial charge in [0.05, 0.1) is 31.2 Å². The molecule has 2 N–H and O–H groups in total. The summed E-state index contributed by atoms with van der Waals surface area (Å²) in [7, 11) is 1.64. The molecule has 3 aromatic rings. The largest absolute Gasteiger partial charge is 0.497 e. The first kappa shape index (κ1) is 21.3. The molecule has 1 heterocycles. The number of nitrogens with one attached hydrogen (secondary N) is 2. The van der Waals surface area contributed by atoms with Crippen LogP contribution in [0.3, 0.4) is 0 Å². The zero-order valence-corrected chi connectivity index (χ0v) is 18.4. The van der Waals surface area contributed by atoms with Gasteiger partial charge in [0.15, 0.2) is 0 Å². The van der Waals surface area contributed by atoms with Crippen LogP contribution >= 0.6 is 0 Å². The van der Waals surface area contributed by atoms with Crippen molar-refractivity contribution in [1.82, 2.24) is 9.97 Å². The van der Waals surface area contributed by atoms with Crippen molar-refractivity contribution in [3.8, 4) is 17.0 Å². The highest BCUT2D eigenvalue weighted by Crippen LogP contribution is 2.25. The van der Waals surface area contributed by atoms with Crippen LogP contribution in [0.2, 0.25) is 0 Å². The van der Waals surface area contributed by atoms with Crippen molar-refractivity contribution >= 4 is 17.4 Å². The number of aromatic nitrogens is 2. The van der Waals surface area contributed by atoms with Crippen LogP contribution in [0.5, 0.6) is 5.75 Å². The molecule has 0 saturated carbocycles. The zero-order valence-electron chi connectivity index (χ0n) is 18.4. The van der Waals surface area contributed by atoms with Crippen LogP contribution in [-0.4, -0.2) is 23.0 Å². The molecule has 1 aliphatic carbocycles. The molecule has 1 amide bonds. The van der Waals surface area contributed by atoms with E-state index in [1.165, 1.54) is 0 Å². The predicted octanol–water partition coefficient (Wildman–Crippen LogP) is 5.40. The number of carbonyl (C=O) groups excluding carboxylic acids is 1. The van der Waals surface area contributed by atoms with Gasteiger partial charge in [-0.2, -0.15) is 0 Å². The summed E-state index contributed by atoms with van der Waals surface area (Å²) in [4.78, 5) is 21.5. The summed E-state index contributed by atoms with van der Waals surface area (Å²) in [6.07, 6.45) is 9.26. The molecule has 6 nitrogen and oxygen atoms in total. The minimum Gasteiger partial charge on any atom is -0.497 e. The molecule has 1 unspecified atom stereocenters. The van der Waals surface area contributed by atoms with E-state index in [9.17, 15) is 4.79 Å². The summed E-state index contributed by atoms with van der Waals surface area (Å²) < 4.78 is 5.30. The van der Waals surface area contributed by atoms with Crippen LogP contribution in [0.25, 0.3) is 11.3 Å². The van der Waals surface area contributed by atoms with Gasteiger partial charge in [-0.1, -0.05) is 49.4 Å². The number of hydrogen-bond donors (Lipinski definition) is 2. The summed E-state index contributed by atoms with van der Waals surface area (Å²) >= 11 is 0. The quantitative estimate of drug-likeness (QED) is 0.529. The van der Waals surface area contributed by atoms with Gasteiger partial charge in [-0.05, 0) is 42.7 Å². The highest BCUT2D eigenvalue weighted by molar-refractivity contribution is 6.06. The van der Waals surface area contributed by atoms with Crippen LogP contribution in [0.1, 0.15) is 25.5 Å². The summed E-state index contributed by atoms with van der Waals surface area (Å²) in [5.41, 5.74) is 4.17. The number of nitrogens with zero attached hydrogens (tertiary/aromatic N) is 2. The Morgan fingerprint density at radius 1 is 1.12 bits per heavy atom. The van der Waals surface area contributed by atoms with Crippen molar-refractivity contribution in [3.05, 3.63) is 90.3 Å². The van der Waals surface area contributed by atoms with Crippen LogP contribution in [0.15, 0.2) is 84.7 Å². The number of allylic oxidation sites excluding steroid dienone is 2. The SMILES string of the molecule is COc1cccc(-c2cncc(N[C@@H](C)c3cccc(NC(=O)C4=CC(C)C=C4)c3)n2)c1. The maximum Gasteiger partial charge on any atom is 0.255 e. The predicted molar refractivity (Wildman–Crippen MR) is 128 cm³/mol. The van der Waals surface area contributed by atoms with Crippen molar-refractivity contribution in [3.63, 3.8) is 0 Å². The number of rotatable bonds is 7. The summed E-state index contributed by atoms with van der Waals surface area (Å²) in [6.45, 7) is 4.10. The van der Waals surface area contributed by atoms with E-state index < -0.39 is 0 Å². The minimum absolute atomic E-state index is 0.0349. The zero-order chi connectivity index (χ0) is 22.5. The second-order valence-corrected chi connectivity index (χ2v) is 7.81. The maximum absolute atomic E-state index is 12.5. The Morgan fingerprint density at radius 3 is 2.75 bits per heavy atom. The number of benzene rings is 2. The Morgan fingerprint density at radius 2 is 1.97 bits per heavy atom. The van der Waals surface area contributed by atoms with Gasteiger partial charge >= 0.3 is 0 Å². The molecule has 1 aliphatic rings. The van der Waals surface area contributed by atoms with Gasteiger partial charge in [0, 0.05) is 16.8 Å². The van der Waals surface area contributed by atoms with Gasteiger partial charge in [-0.25, -0.2) is 4.98 Å². The highest BCUT2D eigenvalue weighted by Gasteiger charge is 2.14. The Hall–Kier alpha value is -3.93. The fourth-order valence-corrected chi connectivity index (χ4v) is 3.55. The van der Waals surface area contributed by atoms with Crippen molar-refractivity contribution in [1.29, 1.82) is 0 Å². The fraction of sp³-hybridized carbons (Fsp3) is 0.192. The summed E-state index contributed by atoms with van der Waals surface area (Å²) in [5, 5.41) is 6.38. The monoisotopic (exact) mass is 426 g/mol. The molecule has 0 bridgehead atoms. The molecule has 0 saturated heterocycles. The van der Waals surface area contributed by atoms with Crippen molar-refractivity contribution in [2.24, 2.45) is 5.92 Å². The van der Waals surface area contributed by atoms with Crippen LogP contribution < -0.4 is 15.4 Å². The normalized spacial score (nSPS) is 15.7. The van der Waals surface area contributed by atoms with E-state index in [0.29, 0.717) is 17.3 Å². The molecule has 32 heavy (non-hydrogen) atoms. The first-order valence-electron chi connectivity index (χ1n) is 10.6. The maximum atomic E-state index is 12.5. The fourth-order valence-electron chi connectivity index (χ4n) is 3.55. The molecular formula is C26H26N4O2. The van der Waals surface area contributed by atoms with Gasteiger partial charge in [0.25, 0.3) is 5.91 Å². The molecule has 0 aliphatic heterocycles. The molecule has 4 rings (SSSR count). The van der Waals surface area contributed by atoms with E-state index in [1.807, 2.05) is 73.7 Å². The van der Waals surface area contributed by atoms with Crippen molar-refractivity contribution in [2.45, 2.75) is 19.9 Å². The Balaban J connectivity index is 1.47. The summed E-state index contributed by atoms with van der Waals surface area (Å²) in [5.74, 6) is 1.64. The standard InChI is InChI=1S/C26H26N4O2/c1-17-10-11-21(12-17)26(31)29-22-8-4-6-19(13-22)18(2)28-25-16-27-15-24(30-25)20-7-5-9-23(14-20)32-3/h4-18H,1-3H3,(H,28,30)(H,29,31)/t17?,18-/m0/s1. The average Bonchev–Trinajstić information content (AvgIpc) is 3.26. The topological polar surface area (TPSA) is 76.1 Å². The van der Waals surface area contributed by atoms with Crippen LogP contribution in [0.4, 0.5) is 11.5 Å². The van der Waals surface area contributed by atoms with Crippen LogP contribution in [0, 0.1) is 5.92 Å². The lowest BCUT2D eigenvalue weighted by molar-refractivity contribution is -0.112. The molecular weight excluding hydrogens is 400 g/mol. The third-order valence-corrected chi connectivity index (χ3v) is 5.29.